The fourth-order valence-corrected chi connectivity index (χ4v) is 7.06. The monoisotopic (exact) mass is 624 g/mol. The molecule has 0 radical (unpaired) electrons. The molecule has 0 spiro atoms. The van der Waals surface area contributed by atoms with Crippen molar-refractivity contribution in [1.82, 2.24) is 10.6 Å². The smallest absolute Gasteiger partial charge is 0.251 e. The lowest BCUT2D eigenvalue weighted by atomic mass is 10.00. The van der Waals surface area contributed by atoms with Gasteiger partial charge in [-0.25, -0.2) is 8.42 Å². The predicted octanol–water partition coefficient (Wildman–Crippen LogP) is 3.60. The summed E-state index contributed by atoms with van der Waals surface area (Å²) in [5.74, 6) is 1.04. The van der Waals surface area contributed by atoms with Gasteiger partial charge in [-0.05, 0) is 74.5 Å². The second-order valence-electron chi connectivity index (χ2n) is 10.8. The number of hydrogen-bond donors (Lipinski definition) is 4. The zero-order valence-corrected chi connectivity index (χ0v) is 26.5. The number of carbonyl (C=O) groups excluding carboxylic acids is 1. The molecule has 3 aromatic carbocycles. The van der Waals surface area contributed by atoms with Crippen molar-refractivity contribution >= 4 is 27.3 Å². The van der Waals surface area contributed by atoms with Gasteiger partial charge >= 0.3 is 0 Å². The topological polar surface area (TPSA) is 129 Å². The molecule has 0 aliphatic carbocycles. The van der Waals surface area contributed by atoms with Crippen LogP contribution in [-0.4, -0.2) is 77.7 Å². The molecule has 2 atom stereocenters. The number of nitrogens with zero attached hydrogens (tertiary/aromatic N) is 1. The first-order chi connectivity index (χ1) is 21.2. The van der Waals surface area contributed by atoms with Crippen molar-refractivity contribution in [3.63, 3.8) is 0 Å². The number of aliphatic hydroxyl groups is 1. The number of aliphatic hydroxyl groups excluding tert-OH is 1. The number of benzene rings is 3. The van der Waals surface area contributed by atoms with Crippen molar-refractivity contribution in [3.05, 3.63) is 83.4 Å². The zero-order chi connectivity index (χ0) is 31.5. The van der Waals surface area contributed by atoms with Crippen LogP contribution in [0, 0.1) is 0 Å². The highest BCUT2D eigenvalue weighted by molar-refractivity contribution is 7.92. The van der Waals surface area contributed by atoms with E-state index in [1.54, 1.807) is 32.4 Å². The number of amides is 1. The van der Waals surface area contributed by atoms with Gasteiger partial charge in [-0.3, -0.25) is 9.10 Å². The quantitative estimate of drug-likeness (QED) is 0.189. The molecule has 1 heterocycles. The summed E-state index contributed by atoms with van der Waals surface area (Å²) in [5, 5.41) is 20.8. The molecule has 4 rings (SSSR count). The van der Waals surface area contributed by atoms with Crippen LogP contribution < -0.4 is 29.7 Å². The number of para-hydroxylation sites is 1. The van der Waals surface area contributed by atoms with Crippen LogP contribution in [0.1, 0.15) is 41.3 Å². The molecule has 11 heteroatoms. The Morgan fingerprint density at radius 2 is 1.82 bits per heavy atom. The molecule has 0 bridgehead atoms. The normalized spacial score (nSPS) is 15.7. The predicted molar refractivity (Wildman–Crippen MR) is 174 cm³/mol. The molecule has 1 fully saturated rings. The van der Waals surface area contributed by atoms with Crippen LogP contribution in [0.5, 0.6) is 11.5 Å². The van der Waals surface area contributed by atoms with Gasteiger partial charge in [-0.1, -0.05) is 42.5 Å². The number of anilines is 2. The summed E-state index contributed by atoms with van der Waals surface area (Å²) in [7, 11) is -0.248. The van der Waals surface area contributed by atoms with Gasteiger partial charge in [0.05, 0.1) is 37.8 Å². The lowest BCUT2D eigenvalue weighted by molar-refractivity contribution is 0.0831. The molecule has 0 aromatic heterocycles. The Bertz CT molecular complexity index is 1480. The van der Waals surface area contributed by atoms with Gasteiger partial charge < -0.3 is 30.5 Å². The average molecular weight is 625 g/mol. The van der Waals surface area contributed by atoms with Gasteiger partial charge in [-0.15, -0.1) is 0 Å². The van der Waals surface area contributed by atoms with Crippen LogP contribution in [0.3, 0.4) is 0 Å². The van der Waals surface area contributed by atoms with Gasteiger partial charge in [0.25, 0.3) is 5.91 Å². The first-order valence-corrected chi connectivity index (χ1v) is 16.7. The Balaban J connectivity index is 1.49. The van der Waals surface area contributed by atoms with Gasteiger partial charge in [0.1, 0.15) is 0 Å². The van der Waals surface area contributed by atoms with Crippen LogP contribution >= 0.6 is 0 Å². The third-order valence-electron chi connectivity index (χ3n) is 7.69. The maximum atomic E-state index is 13.7. The molecule has 0 saturated carbocycles. The Morgan fingerprint density at radius 1 is 1.02 bits per heavy atom. The van der Waals surface area contributed by atoms with Crippen LogP contribution in [0.4, 0.5) is 11.4 Å². The highest BCUT2D eigenvalue weighted by Gasteiger charge is 2.28. The van der Waals surface area contributed by atoms with Crippen molar-refractivity contribution in [2.24, 2.45) is 0 Å². The zero-order valence-electron chi connectivity index (χ0n) is 25.7. The van der Waals surface area contributed by atoms with Crippen molar-refractivity contribution in [3.8, 4) is 11.5 Å². The van der Waals surface area contributed by atoms with Crippen molar-refractivity contribution in [1.29, 1.82) is 0 Å². The number of methoxy groups -OCH3 is 2. The van der Waals surface area contributed by atoms with Crippen molar-refractivity contribution in [2.75, 3.05) is 55.8 Å². The average Bonchev–Trinajstić information content (AvgIpc) is 3.02. The minimum atomic E-state index is -3.46. The second kappa shape index (κ2) is 15.8. The molecule has 1 aliphatic rings. The molecule has 1 saturated heterocycles. The minimum absolute atomic E-state index is 0.0862. The maximum Gasteiger partial charge on any atom is 0.251 e. The maximum absolute atomic E-state index is 13.7. The Hall–Kier alpha value is -3.80. The third-order valence-corrected chi connectivity index (χ3v) is 9.56. The SMILES string of the molecule is CCNc1cc(C(=O)N[C@@H](Cc2ccccc2)[C@H](O)CNCCc2cccc(OC)c2OC)cc(N2CCCCS2(=O)=O)c1. The summed E-state index contributed by atoms with van der Waals surface area (Å²) in [6.45, 7) is 3.75. The summed E-state index contributed by atoms with van der Waals surface area (Å²) in [4.78, 5) is 13.7. The van der Waals surface area contributed by atoms with Crippen LogP contribution in [0.15, 0.2) is 66.7 Å². The van der Waals surface area contributed by atoms with E-state index in [1.165, 1.54) is 4.31 Å². The first-order valence-electron chi connectivity index (χ1n) is 15.1. The lowest BCUT2D eigenvalue weighted by Gasteiger charge is -2.29. The number of sulfonamides is 1. The van der Waals surface area contributed by atoms with Crippen LogP contribution in [0.2, 0.25) is 0 Å². The van der Waals surface area contributed by atoms with Crippen LogP contribution in [0.25, 0.3) is 0 Å². The standard InChI is InChI=1S/C33H44N4O6S/c1-4-35-27-20-26(21-28(22-27)37-17-8-9-18-44(37,40)41)33(39)36-29(19-24-11-6-5-7-12-24)30(38)23-34-16-15-25-13-10-14-31(42-2)32(25)43-3/h5-7,10-14,20-22,29-30,34-35,38H,4,8-9,15-19,23H2,1-3H3,(H,36,39)/t29-,30+/m0/s1. The first kappa shape index (κ1) is 33.1. The van der Waals surface area contributed by atoms with Gasteiger partial charge in [0, 0.05) is 30.9 Å². The molecule has 10 nitrogen and oxygen atoms in total. The summed E-state index contributed by atoms with van der Waals surface area (Å²) < 4.78 is 38.0. The number of ether oxygens (including phenoxy) is 2. The second-order valence-corrected chi connectivity index (χ2v) is 12.9. The minimum Gasteiger partial charge on any atom is -0.493 e. The molecular weight excluding hydrogens is 580 g/mol. The molecule has 44 heavy (non-hydrogen) atoms. The van der Waals surface area contributed by atoms with E-state index in [2.05, 4.69) is 16.0 Å². The molecular formula is C33H44N4O6S. The highest BCUT2D eigenvalue weighted by Crippen LogP contribution is 2.31. The summed E-state index contributed by atoms with van der Waals surface area (Å²) in [6, 6.07) is 19.9. The van der Waals surface area contributed by atoms with E-state index in [4.69, 9.17) is 9.47 Å². The van der Waals surface area contributed by atoms with E-state index >= 15 is 0 Å². The van der Waals surface area contributed by atoms with E-state index < -0.39 is 22.2 Å². The fraction of sp³-hybridized carbons (Fsp3) is 0.424. The number of carbonyl (C=O) groups is 1. The Labute approximate surface area is 260 Å². The molecule has 4 N–H and O–H groups in total. The Kier molecular flexibility index (Phi) is 11.9. The van der Waals surface area contributed by atoms with Crippen LogP contribution in [-0.2, 0) is 22.9 Å². The van der Waals surface area contributed by atoms with E-state index in [0.29, 0.717) is 67.3 Å². The molecule has 3 aromatic rings. The molecule has 0 unspecified atom stereocenters. The highest BCUT2D eigenvalue weighted by atomic mass is 32.2. The van der Waals surface area contributed by atoms with E-state index in [-0.39, 0.29) is 18.2 Å². The summed E-state index contributed by atoms with van der Waals surface area (Å²) in [5.41, 5.74) is 3.39. The lowest BCUT2D eigenvalue weighted by Crippen LogP contribution is -2.49. The molecule has 1 aliphatic heterocycles. The van der Waals surface area contributed by atoms with E-state index in [0.717, 1.165) is 17.5 Å². The molecule has 1 amide bonds. The van der Waals surface area contributed by atoms with Gasteiger partial charge in [-0.2, -0.15) is 0 Å². The molecule has 238 valence electrons. The number of nitrogens with one attached hydrogen (secondary N) is 3. The Morgan fingerprint density at radius 3 is 2.52 bits per heavy atom. The van der Waals surface area contributed by atoms with E-state index in [9.17, 15) is 18.3 Å². The van der Waals surface area contributed by atoms with Gasteiger partial charge in [0.2, 0.25) is 10.0 Å². The number of hydrogen-bond acceptors (Lipinski definition) is 8. The number of rotatable bonds is 15. The van der Waals surface area contributed by atoms with Crippen molar-refractivity contribution < 1.29 is 27.8 Å². The summed E-state index contributed by atoms with van der Waals surface area (Å²) in [6.07, 6.45) is 1.56. The third kappa shape index (κ3) is 8.64. The van der Waals surface area contributed by atoms with Gasteiger partial charge in [0.15, 0.2) is 11.5 Å². The van der Waals surface area contributed by atoms with Crippen molar-refractivity contribution in [2.45, 2.75) is 44.8 Å². The summed E-state index contributed by atoms with van der Waals surface area (Å²) >= 11 is 0. The largest absolute Gasteiger partial charge is 0.493 e. The fourth-order valence-electron chi connectivity index (χ4n) is 5.44. The van der Waals surface area contributed by atoms with E-state index in [1.807, 2.05) is 55.5 Å².